The van der Waals surface area contributed by atoms with Crippen LogP contribution >= 0.6 is 0 Å². The molecular weight excluding hydrogens is 444 g/mol. The molecule has 0 amide bonds. The van der Waals surface area contributed by atoms with Gasteiger partial charge in [0, 0.05) is 30.7 Å². The van der Waals surface area contributed by atoms with Crippen molar-refractivity contribution in [2.45, 2.75) is 83.8 Å². The highest BCUT2D eigenvalue weighted by molar-refractivity contribution is 5.90. The van der Waals surface area contributed by atoms with E-state index in [1.165, 1.54) is 13.8 Å². The summed E-state index contributed by atoms with van der Waals surface area (Å²) in [7, 11) is 0. The standard InChI is InChI=1S/C25H32O9/c1-13-22(31-14(2)26)21(28)20-18(6-5-8-24(20)12-30-16(4)34-24)25(13)10-19(17-7-9-29-11-17)33-23(25)32-15(3)27/h7,9,11,13,16,18-20,22-23H,5-6,8,10,12H2,1-4H3/t13-,16-,18+,19+,20-,22+,23-,24-,25-/m1/s1. The topological polar surface area (TPSA) is 110 Å². The molecule has 9 nitrogen and oxygen atoms in total. The normalized spacial score (nSPS) is 43.8. The van der Waals surface area contributed by atoms with Crippen LogP contribution in [0.4, 0.5) is 0 Å². The number of fused-ring (bicyclic) bond motifs is 3. The third-order valence-corrected chi connectivity index (χ3v) is 8.37. The lowest BCUT2D eigenvalue weighted by Gasteiger charge is -2.58. The summed E-state index contributed by atoms with van der Waals surface area (Å²) >= 11 is 0. The predicted octanol–water partition coefficient (Wildman–Crippen LogP) is 3.32. The zero-order valence-corrected chi connectivity index (χ0v) is 20.0. The highest BCUT2D eigenvalue weighted by Crippen LogP contribution is 2.65. The van der Waals surface area contributed by atoms with Gasteiger partial charge >= 0.3 is 11.9 Å². The largest absolute Gasteiger partial charge is 0.472 e. The zero-order valence-electron chi connectivity index (χ0n) is 20.0. The van der Waals surface area contributed by atoms with Crippen LogP contribution in [0.15, 0.2) is 23.0 Å². The van der Waals surface area contributed by atoms with Crippen LogP contribution in [0.5, 0.6) is 0 Å². The molecule has 2 saturated carbocycles. The van der Waals surface area contributed by atoms with Crippen LogP contribution in [0.2, 0.25) is 0 Å². The number of hydrogen-bond donors (Lipinski definition) is 0. The molecule has 0 radical (unpaired) electrons. The van der Waals surface area contributed by atoms with Gasteiger partial charge in [0.15, 0.2) is 18.2 Å². The summed E-state index contributed by atoms with van der Waals surface area (Å²) in [6.07, 6.45) is 3.19. The fraction of sp³-hybridized carbons (Fsp3) is 0.720. The quantitative estimate of drug-likeness (QED) is 0.607. The lowest BCUT2D eigenvalue weighted by Crippen LogP contribution is -2.67. The lowest BCUT2D eigenvalue weighted by molar-refractivity contribution is -0.243. The van der Waals surface area contributed by atoms with Gasteiger partial charge in [0.2, 0.25) is 6.29 Å². The van der Waals surface area contributed by atoms with Gasteiger partial charge in [-0.15, -0.1) is 0 Å². The van der Waals surface area contributed by atoms with E-state index in [4.69, 9.17) is 28.1 Å². The molecule has 9 atom stereocenters. The minimum atomic E-state index is -1.00. The van der Waals surface area contributed by atoms with Crippen LogP contribution in [0.1, 0.15) is 65.0 Å². The molecule has 9 heteroatoms. The molecule has 1 aromatic heterocycles. The van der Waals surface area contributed by atoms with Gasteiger partial charge in [-0.3, -0.25) is 14.4 Å². The van der Waals surface area contributed by atoms with Crippen LogP contribution < -0.4 is 0 Å². The summed E-state index contributed by atoms with van der Waals surface area (Å²) in [6.45, 7) is 6.66. The first-order chi connectivity index (χ1) is 16.2. The van der Waals surface area contributed by atoms with Crippen molar-refractivity contribution < 1.29 is 42.5 Å². The molecule has 34 heavy (non-hydrogen) atoms. The lowest BCUT2D eigenvalue weighted by atomic mass is 9.48. The number of Topliss-reactive ketones (excluding diaryl/α,β-unsaturated/α-hetero) is 1. The Morgan fingerprint density at radius 1 is 1.15 bits per heavy atom. The maximum atomic E-state index is 14.0. The molecule has 4 aliphatic rings. The van der Waals surface area contributed by atoms with Crippen molar-refractivity contribution in [1.29, 1.82) is 0 Å². The Morgan fingerprint density at radius 2 is 1.91 bits per heavy atom. The van der Waals surface area contributed by atoms with Gasteiger partial charge in [-0.2, -0.15) is 0 Å². The Labute approximate surface area is 198 Å². The van der Waals surface area contributed by atoms with Crippen molar-refractivity contribution in [2.24, 2.45) is 23.2 Å². The second-order valence-corrected chi connectivity index (χ2v) is 10.2. The van der Waals surface area contributed by atoms with Gasteiger partial charge in [-0.05, 0) is 38.2 Å². The average Bonchev–Trinajstić information content (AvgIpc) is 3.50. The first kappa shape index (κ1) is 23.5. The highest BCUT2D eigenvalue weighted by atomic mass is 16.7. The van der Waals surface area contributed by atoms with Crippen LogP contribution in [0, 0.1) is 23.2 Å². The fourth-order valence-corrected chi connectivity index (χ4v) is 7.09. The molecule has 3 heterocycles. The average molecular weight is 477 g/mol. The first-order valence-corrected chi connectivity index (χ1v) is 12.0. The van der Waals surface area contributed by atoms with Crippen LogP contribution in [-0.4, -0.2) is 48.6 Å². The minimum absolute atomic E-state index is 0.149. The first-order valence-electron chi connectivity index (χ1n) is 12.0. The summed E-state index contributed by atoms with van der Waals surface area (Å²) in [5, 5.41) is 0. The fourth-order valence-electron chi connectivity index (χ4n) is 7.09. The Kier molecular flexibility index (Phi) is 5.85. The second-order valence-electron chi connectivity index (χ2n) is 10.2. The highest BCUT2D eigenvalue weighted by Gasteiger charge is 2.71. The van der Waals surface area contributed by atoms with E-state index < -0.39 is 59.6 Å². The van der Waals surface area contributed by atoms with Gasteiger partial charge in [-0.25, -0.2) is 0 Å². The zero-order chi connectivity index (χ0) is 24.3. The van der Waals surface area contributed by atoms with Crippen molar-refractivity contribution in [2.75, 3.05) is 6.61 Å². The Bertz CT molecular complexity index is 954. The summed E-state index contributed by atoms with van der Waals surface area (Å²) in [6, 6.07) is 1.83. The molecule has 2 spiro atoms. The molecule has 2 saturated heterocycles. The number of esters is 2. The van der Waals surface area contributed by atoms with Crippen molar-refractivity contribution in [3.8, 4) is 0 Å². The summed E-state index contributed by atoms with van der Waals surface area (Å²) in [4.78, 5) is 38.2. The van der Waals surface area contributed by atoms with Gasteiger partial charge < -0.3 is 28.1 Å². The summed E-state index contributed by atoms with van der Waals surface area (Å²) in [5.41, 5.74) is -0.743. The molecule has 0 N–H and O–H groups in total. The molecule has 4 fully saturated rings. The molecule has 2 aliphatic heterocycles. The van der Waals surface area contributed by atoms with E-state index in [1.807, 2.05) is 19.9 Å². The summed E-state index contributed by atoms with van der Waals surface area (Å²) in [5.74, 6) is -2.37. The summed E-state index contributed by atoms with van der Waals surface area (Å²) < 4.78 is 35.2. The van der Waals surface area contributed by atoms with Crippen molar-refractivity contribution in [3.63, 3.8) is 0 Å². The number of furan rings is 1. The maximum absolute atomic E-state index is 14.0. The number of carbonyl (C=O) groups excluding carboxylic acids is 3. The molecule has 5 rings (SSSR count). The monoisotopic (exact) mass is 476 g/mol. The molecule has 0 unspecified atom stereocenters. The van der Waals surface area contributed by atoms with Crippen molar-refractivity contribution >= 4 is 17.7 Å². The SMILES string of the molecule is CC(=O)O[C@@H]1O[C@H](c2ccoc2)C[C@]12[C@H](C)[C@H](OC(C)=O)C(=O)[C@H]1[C@@H]2CCC[C@@]12CO[C@@H](C)O2. The third-order valence-electron chi connectivity index (χ3n) is 8.37. The Hall–Kier alpha value is -2.23. The smallest absolute Gasteiger partial charge is 0.304 e. The van der Waals surface area contributed by atoms with E-state index in [0.717, 1.165) is 18.4 Å². The van der Waals surface area contributed by atoms with E-state index in [0.29, 0.717) is 19.4 Å². The molecule has 0 bridgehead atoms. The van der Waals surface area contributed by atoms with E-state index in [-0.39, 0.29) is 11.7 Å². The van der Waals surface area contributed by atoms with E-state index >= 15 is 0 Å². The van der Waals surface area contributed by atoms with Crippen LogP contribution in [-0.2, 0) is 38.1 Å². The van der Waals surface area contributed by atoms with Crippen molar-refractivity contribution in [1.82, 2.24) is 0 Å². The predicted molar refractivity (Wildman–Crippen MR) is 115 cm³/mol. The Balaban J connectivity index is 1.64. The number of ether oxygens (including phenoxy) is 5. The molecule has 1 aromatic rings. The number of ketones is 1. The number of hydrogen-bond acceptors (Lipinski definition) is 9. The van der Waals surface area contributed by atoms with Crippen LogP contribution in [0.25, 0.3) is 0 Å². The minimum Gasteiger partial charge on any atom is -0.472 e. The van der Waals surface area contributed by atoms with Crippen LogP contribution in [0.3, 0.4) is 0 Å². The van der Waals surface area contributed by atoms with E-state index in [9.17, 15) is 14.4 Å². The van der Waals surface area contributed by atoms with Gasteiger partial charge in [-0.1, -0.05) is 13.3 Å². The molecule has 186 valence electrons. The molecule has 2 aliphatic carbocycles. The molecule has 0 aromatic carbocycles. The second kappa shape index (κ2) is 8.46. The number of rotatable bonds is 3. The van der Waals surface area contributed by atoms with Crippen molar-refractivity contribution in [3.05, 3.63) is 24.2 Å². The number of carbonyl (C=O) groups is 3. The maximum Gasteiger partial charge on any atom is 0.304 e. The Morgan fingerprint density at radius 3 is 2.53 bits per heavy atom. The van der Waals surface area contributed by atoms with E-state index in [2.05, 4.69) is 0 Å². The van der Waals surface area contributed by atoms with E-state index in [1.54, 1.807) is 12.5 Å². The van der Waals surface area contributed by atoms with Gasteiger partial charge in [0.1, 0.15) is 5.60 Å². The third kappa shape index (κ3) is 3.51. The molecular formula is C25H32O9. The van der Waals surface area contributed by atoms with Gasteiger partial charge in [0.25, 0.3) is 0 Å². The van der Waals surface area contributed by atoms with Gasteiger partial charge in [0.05, 0.1) is 31.2 Å².